The molecule has 2 amide bonds. The third-order valence-corrected chi connectivity index (χ3v) is 5.13. The Morgan fingerprint density at radius 2 is 2.16 bits per heavy atom. The monoisotopic (exact) mass is 365 g/mol. The molecule has 3 rings (SSSR count). The van der Waals surface area contributed by atoms with E-state index in [1.807, 2.05) is 19.1 Å². The minimum absolute atomic E-state index is 0.0180. The standard InChI is InChI=1S/C18H24ClN3O3/c1-11-17(20-6-7-25-11)18(24)22-10-12(8-16(23)21(2)3)14-9-13(19)4-5-15(14)22/h4-5,9,11-12,17,20H,6-8,10H2,1-3H3/t11-,12?,17+/m1/s1. The number of ether oxygens (including phenoxy) is 1. The van der Waals surface area contributed by atoms with Gasteiger partial charge in [0.15, 0.2) is 0 Å². The molecule has 2 heterocycles. The number of nitrogens with zero attached hydrogens (tertiary/aromatic N) is 2. The van der Waals surface area contributed by atoms with Crippen LogP contribution in [0.5, 0.6) is 0 Å². The summed E-state index contributed by atoms with van der Waals surface area (Å²) in [5, 5.41) is 3.86. The average molecular weight is 366 g/mol. The number of anilines is 1. The van der Waals surface area contributed by atoms with Crippen LogP contribution in [-0.4, -0.2) is 62.7 Å². The van der Waals surface area contributed by atoms with Gasteiger partial charge in [-0.25, -0.2) is 0 Å². The quantitative estimate of drug-likeness (QED) is 0.884. The number of rotatable bonds is 3. The topological polar surface area (TPSA) is 61.9 Å². The van der Waals surface area contributed by atoms with Crippen LogP contribution in [0.4, 0.5) is 5.69 Å². The Hall–Kier alpha value is -1.63. The minimum atomic E-state index is -0.374. The summed E-state index contributed by atoms with van der Waals surface area (Å²) in [6.07, 6.45) is 0.174. The van der Waals surface area contributed by atoms with Crippen molar-refractivity contribution in [2.45, 2.75) is 31.4 Å². The van der Waals surface area contributed by atoms with Crippen LogP contribution in [0.25, 0.3) is 0 Å². The van der Waals surface area contributed by atoms with Gasteiger partial charge in [-0.2, -0.15) is 0 Å². The minimum Gasteiger partial charge on any atom is -0.375 e. The Morgan fingerprint density at radius 3 is 2.84 bits per heavy atom. The molecule has 0 aliphatic carbocycles. The van der Waals surface area contributed by atoms with Crippen molar-refractivity contribution in [3.63, 3.8) is 0 Å². The highest BCUT2D eigenvalue weighted by atomic mass is 35.5. The number of hydrogen-bond donors (Lipinski definition) is 1. The van der Waals surface area contributed by atoms with E-state index in [0.717, 1.165) is 11.3 Å². The zero-order valence-corrected chi connectivity index (χ0v) is 15.5. The maximum Gasteiger partial charge on any atom is 0.246 e. The SMILES string of the molecule is C[C@H]1OCCN[C@@H]1C(=O)N1CC(CC(=O)N(C)C)c2cc(Cl)ccc21. The molecule has 1 aromatic rings. The number of fused-ring (bicyclic) bond motifs is 1. The third-order valence-electron chi connectivity index (χ3n) is 4.89. The Kier molecular flexibility index (Phi) is 5.32. The van der Waals surface area contributed by atoms with Gasteiger partial charge in [0.2, 0.25) is 11.8 Å². The van der Waals surface area contributed by atoms with Gasteiger partial charge < -0.3 is 19.9 Å². The van der Waals surface area contributed by atoms with Crippen molar-refractivity contribution in [3.05, 3.63) is 28.8 Å². The van der Waals surface area contributed by atoms with E-state index >= 15 is 0 Å². The number of benzene rings is 1. The van der Waals surface area contributed by atoms with Gasteiger partial charge in [-0.3, -0.25) is 9.59 Å². The Bertz CT molecular complexity index is 680. The van der Waals surface area contributed by atoms with Crippen LogP contribution in [0.15, 0.2) is 18.2 Å². The summed E-state index contributed by atoms with van der Waals surface area (Å²) in [5.41, 5.74) is 1.80. The molecular formula is C18H24ClN3O3. The van der Waals surface area contributed by atoms with Crippen LogP contribution in [0.3, 0.4) is 0 Å². The summed E-state index contributed by atoms with van der Waals surface area (Å²) in [4.78, 5) is 28.6. The van der Waals surface area contributed by atoms with Crippen molar-refractivity contribution in [2.24, 2.45) is 0 Å². The molecule has 1 aromatic carbocycles. The van der Waals surface area contributed by atoms with Gasteiger partial charge in [0.05, 0.1) is 12.7 Å². The van der Waals surface area contributed by atoms with Crippen LogP contribution in [0.1, 0.15) is 24.8 Å². The number of hydrogen-bond acceptors (Lipinski definition) is 4. The lowest BCUT2D eigenvalue weighted by molar-refractivity contribution is -0.129. The van der Waals surface area contributed by atoms with Gasteiger partial charge in [-0.15, -0.1) is 0 Å². The molecule has 0 bridgehead atoms. The van der Waals surface area contributed by atoms with Gasteiger partial charge in [0.1, 0.15) is 6.04 Å². The highest BCUT2D eigenvalue weighted by Gasteiger charge is 2.39. The lowest BCUT2D eigenvalue weighted by Gasteiger charge is -2.32. The van der Waals surface area contributed by atoms with Gasteiger partial charge in [0.25, 0.3) is 0 Å². The van der Waals surface area contributed by atoms with E-state index in [2.05, 4.69) is 5.32 Å². The van der Waals surface area contributed by atoms with E-state index in [4.69, 9.17) is 16.3 Å². The Balaban J connectivity index is 1.86. The molecule has 0 aromatic heterocycles. The van der Waals surface area contributed by atoms with E-state index < -0.39 is 0 Å². The first-order valence-electron chi connectivity index (χ1n) is 8.54. The fraction of sp³-hybridized carbons (Fsp3) is 0.556. The largest absolute Gasteiger partial charge is 0.375 e. The molecule has 1 saturated heterocycles. The third kappa shape index (κ3) is 3.66. The van der Waals surface area contributed by atoms with Crippen LogP contribution >= 0.6 is 11.6 Å². The molecule has 25 heavy (non-hydrogen) atoms. The van der Waals surface area contributed by atoms with Gasteiger partial charge in [0, 0.05) is 50.2 Å². The fourth-order valence-electron chi connectivity index (χ4n) is 3.47. The number of amides is 2. The average Bonchev–Trinajstić information content (AvgIpc) is 2.92. The molecule has 2 aliphatic rings. The number of morpholine rings is 1. The smallest absolute Gasteiger partial charge is 0.246 e. The molecule has 3 atom stereocenters. The molecule has 7 heteroatoms. The van der Waals surface area contributed by atoms with Gasteiger partial charge in [-0.1, -0.05) is 11.6 Å². The predicted molar refractivity (Wildman–Crippen MR) is 97.1 cm³/mol. The maximum atomic E-state index is 13.1. The fourth-order valence-corrected chi connectivity index (χ4v) is 3.65. The van der Waals surface area contributed by atoms with Gasteiger partial charge >= 0.3 is 0 Å². The van der Waals surface area contributed by atoms with Crippen molar-refractivity contribution < 1.29 is 14.3 Å². The summed E-state index contributed by atoms with van der Waals surface area (Å²) in [5.74, 6) is -0.0272. The first kappa shape index (κ1) is 18.2. The lowest BCUT2D eigenvalue weighted by Crippen LogP contribution is -2.56. The van der Waals surface area contributed by atoms with Crippen molar-refractivity contribution in [1.29, 1.82) is 0 Å². The second-order valence-corrected chi connectivity index (χ2v) is 7.29. The van der Waals surface area contributed by atoms with E-state index in [1.165, 1.54) is 0 Å². The molecule has 1 unspecified atom stereocenters. The van der Waals surface area contributed by atoms with E-state index in [1.54, 1.807) is 30.0 Å². The first-order valence-corrected chi connectivity index (χ1v) is 8.92. The number of halogens is 1. The van der Waals surface area contributed by atoms with E-state index in [0.29, 0.717) is 31.1 Å². The van der Waals surface area contributed by atoms with Crippen LogP contribution in [-0.2, 0) is 14.3 Å². The molecule has 2 aliphatic heterocycles. The zero-order chi connectivity index (χ0) is 18.1. The molecule has 0 saturated carbocycles. The normalized spacial score (nSPS) is 25.6. The predicted octanol–water partition coefficient (Wildman–Crippen LogP) is 1.63. The number of nitrogens with one attached hydrogen (secondary N) is 1. The van der Waals surface area contributed by atoms with E-state index in [9.17, 15) is 9.59 Å². The van der Waals surface area contributed by atoms with Crippen LogP contribution in [0.2, 0.25) is 5.02 Å². The number of carbonyl (C=O) groups is 2. The molecule has 0 spiro atoms. The Labute approximate surface area is 153 Å². The Morgan fingerprint density at radius 1 is 1.40 bits per heavy atom. The first-order chi connectivity index (χ1) is 11.9. The second-order valence-electron chi connectivity index (χ2n) is 6.85. The van der Waals surface area contributed by atoms with Crippen molar-refractivity contribution in [2.75, 3.05) is 38.7 Å². The maximum absolute atomic E-state index is 13.1. The van der Waals surface area contributed by atoms with Crippen molar-refractivity contribution in [3.8, 4) is 0 Å². The molecule has 0 radical (unpaired) electrons. The molecule has 136 valence electrons. The van der Waals surface area contributed by atoms with Crippen LogP contribution < -0.4 is 10.2 Å². The number of carbonyl (C=O) groups excluding carboxylic acids is 2. The van der Waals surface area contributed by atoms with E-state index in [-0.39, 0.29) is 29.9 Å². The van der Waals surface area contributed by atoms with Crippen molar-refractivity contribution >= 4 is 29.1 Å². The molecule has 6 nitrogen and oxygen atoms in total. The highest BCUT2D eigenvalue weighted by Crippen LogP contribution is 2.40. The highest BCUT2D eigenvalue weighted by molar-refractivity contribution is 6.30. The van der Waals surface area contributed by atoms with Crippen molar-refractivity contribution in [1.82, 2.24) is 10.2 Å². The lowest BCUT2D eigenvalue weighted by atomic mass is 9.97. The summed E-state index contributed by atoms with van der Waals surface area (Å²) in [6, 6.07) is 5.14. The summed E-state index contributed by atoms with van der Waals surface area (Å²) in [7, 11) is 3.48. The van der Waals surface area contributed by atoms with Crippen LogP contribution in [0, 0.1) is 0 Å². The second kappa shape index (κ2) is 7.32. The molecule has 1 fully saturated rings. The zero-order valence-electron chi connectivity index (χ0n) is 14.8. The summed E-state index contributed by atoms with van der Waals surface area (Å²) >= 11 is 6.16. The summed E-state index contributed by atoms with van der Waals surface area (Å²) < 4.78 is 5.61. The molecule has 1 N–H and O–H groups in total. The molecular weight excluding hydrogens is 342 g/mol. The summed E-state index contributed by atoms with van der Waals surface area (Å²) in [6.45, 7) is 3.65. The van der Waals surface area contributed by atoms with Gasteiger partial charge in [-0.05, 0) is 30.7 Å².